The maximum atomic E-state index is 13.2. The Morgan fingerprint density at radius 3 is 2.21 bits per heavy atom. The Bertz CT molecular complexity index is 1100. The van der Waals surface area contributed by atoms with Gasteiger partial charge in [0.2, 0.25) is 15.9 Å². The summed E-state index contributed by atoms with van der Waals surface area (Å²) in [4.78, 5) is 26.1. The van der Waals surface area contributed by atoms with Crippen LogP contribution < -0.4 is 14.9 Å². The van der Waals surface area contributed by atoms with Crippen LogP contribution in [0.1, 0.15) is 60.5 Å². The molecular formula is C25H33N3O4S. The van der Waals surface area contributed by atoms with Gasteiger partial charge in [0.1, 0.15) is 6.04 Å². The quantitative estimate of drug-likeness (QED) is 0.634. The Balaban J connectivity index is 1.83. The van der Waals surface area contributed by atoms with Gasteiger partial charge in [0.25, 0.3) is 5.91 Å². The average molecular weight is 472 g/mol. The fraction of sp³-hybridized carbons (Fsp3) is 0.440. The van der Waals surface area contributed by atoms with Gasteiger partial charge in [0, 0.05) is 6.04 Å². The minimum Gasteiger partial charge on any atom is -0.349 e. The Morgan fingerprint density at radius 1 is 1.00 bits per heavy atom. The number of hydrogen-bond acceptors (Lipinski definition) is 4. The monoisotopic (exact) mass is 471 g/mol. The van der Waals surface area contributed by atoms with Gasteiger partial charge in [-0.15, -0.1) is 0 Å². The largest absolute Gasteiger partial charge is 0.349 e. The number of nitrogens with one attached hydrogen (secondary N) is 2. The normalized spacial score (nSPS) is 15.5. The second kappa shape index (κ2) is 10.4. The number of nitrogens with zero attached hydrogens (tertiary/aromatic N) is 1. The SMILES string of the molecule is Cc1cc(C)cc(N(C(C)C(=O)Nc2ccccc2C(=O)NC2CCCCC2)S(C)(=O)=O)c1. The zero-order valence-electron chi connectivity index (χ0n) is 19.7. The second-order valence-electron chi connectivity index (χ2n) is 8.92. The molecule has 2 amide bonds. The van der Waals surface area contributed by atoms with Crippen LogP contribution in [0, 0.1) is 13.8 Å². The molecule has 7 nitrogen and oxygen atoms in total. The lowest BCUT2D eigenvalue weighted by Crippen LogP contribution is -2.45. The van der Waals surface area contributed by atoms with Crippen LogP contribution in [0.25, 0.3) is 0 Å². The molecule has 1 atom stereocenters. The van der Waals surface area contributed by atoms with Crippen molar-refractivity contribution in [2.45, 2.75) is 65.0 Å². The summed E-state index contributed by atoms with van der Waals surface area (Å²) in [6.07, 6.45) is 6.38. The van der Waals surface area contributed by atoms with Crippen molar-refractivity contribution in [1.29, 1.82) is 0 Å². The lowest BCUT2D eigenvalue weighted by molar-refractivity contribution is -0.116. The van der Waals surface area contributed by atoms with E-state index in [-0.39, 0.29) is 11.9 Å². The maximum Gasteiger partial charge on any atom is 0.253 e. The highest BCUT2D eigenvalue weighted by atomic mass is 32.2. The fourth-order valence-electron chi connectivity index (χ4n) is 4.42. The summed E-state index contributed by atoms with van der Waals surface area (Å²) in [6, 6.07) is 11.3. The highest BCUT2D eigenvalue weighted by Crippen LogP contribution is 2.25. The van der Waals surface area contributed by atoms with Gasteiger partial charge in [0.15, 0.2) is 0 Å². The molecule has 1 saturated carbocycles. The Hall–Kier alpha value is -2.87. The number of anilines is 2. The molecule has 1 aliphatic rings. The molecular weight excluding hydrogens is 438 g/mol. The van der Waals surface area contributed by atoms with Crippen LogP contribution >= 0.6 is 0 Å². The van der Waals surface area contributed by atoms with Gasteiger partial charge in [-0.05, 0) is 69.0 Å². The van der Waals surface area contributed by atoms with Crippen LogP contribution in [0.5, 0.6) is 0 Å². The molecule has 2 aromatic carbocycles. The molecule has 0 spiro atoms. The topological polar surface area (TPSA) is 95.6 Å². The fourth-order valence-corrected chi connectivity index (χ4v) is 5.58. The van der Waals surface area contributed by atoms with Crippen molar-refractivity contribution >= 4 is 33.2 Å². The summed E-state index contributed by atoms with van der Waals surface area (Å²) in [7, 11) is -3.74. The molecule has 0 aliphatic heterocycles. The van der Waals surface area contributed by atoms with E-state index in [9.17, 15) is 18.0 Å². The molecule has 33 heavy (non-hydrogen) atoms. The summed E-state index contributed by atoms with van der Waals surface area (Å²) in [5.74, 6) is -0.753. The number of carbonyl (C=O) groups excluding carboxylic acids is 2. The van der Waals surface area contributed by atoms with Crippen molar-refractivity contribution in [2.75, 3.05) is 15.9 Å². The van der Waals surface area contributed by atoms with E-state index in [2.05, 4.69) is 10.6 Å². The summed E-state index contributed by atoms with van der Waals surface area (Å²) in [6.45, 7) is 5.30. The number of sulfonamides is 1. The number of amides is 2. The Labute approximate surface area is 196 Å². The Kier molecular flexibility index (Phi) is 7.79. The number of rotatable bonds is 7. The first-order valence-electron chi connectivity index (χ1n) is 11.3. The molecule has 0 radical (unpaired) electrons. The molecule has 2 N–H and O–H groups in total. The van der Waals surface area contributed by atoms with Gasteiger partial charge in [-0.25, -0.2) is 8.42 Å². The zero-order valence-corrected chi connectivity index (χ0v) is 20.5. The van der Waals surface area contributed by atoms with E-state index in [0.29, 0.717) is 16.9 Å². The smallest absolute Gasteiger partial charge is 0.253 e. The number of hydrogen-bond donors (Lipinski definition) is 2. The maximum absolute atomic E-state index is 13.2. The zero-order chi connectivity index (χ0) is 24.2. The van der Waals surface area contributed by atoms with Gasteiger partial charge in [0.05, 0.1) is 23.2 Å². The molecule has 1 aliphatic carbocycles. The predicted octanol–water partition coefficient (Wildman–Crippen LogP) is 4.16. The molecule has 3 rings (SSSR count). The number of para-hydroxylation sites is 1. The van der Waals surface area contributed by atoms with Crippen molar-refractivity contribution < 1.29 is 18.0 Å². The second-order valence-corrected chi connectivity index (χ2v) is 10.8. The lowest BCUT2D eigenvalue weighted by Gasteiger charge is -2.29. The minimum atomic E-state index is -3.74. The van der Waals surface area contributed by atoms with Gasteiger partial charge < -0.3 is 10.6 Å². The molecule has 2 aromatic rings. The molecule has 0 bridgehead atoms. The van der Waals surface area contributed by atoms with E-state index >= 15 is 0 Å². The van der Waals surface area contributed by atoms with Crippen LogP contribution in [0.15, 0.2) is 42.5 Å². The summed E-state index contributed by atoms with van der Waals surface area (Å²) < 4.78 is 26.4. The Morgan fingerprint density at radius 2 is 1.61 bits per heavy atom. The van der Waals surface area contributed by atoms with E-state index in [1.54, 1.807) is 43.3 Å². The first-order valence-corrected chi connectivity index (χ1v) is 13.2. The van der Waals surface area contributed by atoms with Crippen LogP contribution in [-0.2, 0) is 14.8 Å². The number of aryl methyl sites for hydroxylation is 2. The number of carbonyl (C=O) groups is 2. The third-order valence-corrected chi connectivity index (χ3v) is 7.16. The van der Waals surface area contributed by atoms with Crippen molar-refractivity contribution in [1.82, 2.24) is 5.32 Å². The van der Waals surface area contributed by atoms with Gasteiger partial charge >= 0.3 is 0 Å². The first-order chi connectivity index (χ1) is 15.6. The standard InChI is InChI=1S/C25H33N3O4S/c1-17-14-18(2)16-21(15-17)28(33(4,31)32)19(3)24(29)27-23-13-9-8-12-22(23)25(30)26-20-10-6-5-7-11-20/h8-9,12-16,19-20H,5-7,10-11H2,1-4H3,(H,26,30)(H,27,29). The lowest BCUT2D eigenvalue weighted by atomic mass is 9.95. The van der Waals surface area contributed by atoms with Crippen molar-refractivity contribution in [3.63, 3.8) is 0 Å². The van der Waals surface area contributed by atoms with Crippen molar-refractivity contribution in [3.05, 3.63) is 59.2 Å². The van der Waals surface area contributed by atoms with E-state index in [0.717, 1.165) is 47.4 Å². The van der Waals surface area contributed by atoms with Gasteiger partial charge in [-0.3, -0.25) is 13.9 Å². The van der Waals surface area contributed by atoms with Crippen LogP contribution in [-0.4, -0.2) is 38.6 Å². The third kappa shape index (κ3) is 6.35. The summed E-state index contributed by atoms with van der Waals surface area (Å²) in [5, 5.41) is 5.84. The van der Waals surface area contributed by atoms with Crippen LogP contribution in [0.2, 0.25) is 0 Å². The van der Waals surface area contributed by atoms with E-state index in [1.165, 1.54) is 6.42 Å². The summed E-state index contributed by atoms with van der Waals surface area (Å²) in [5.41, 5.74) is 2.95. The third-order valence-electron chi connectivity index (χ3n) is 5.92. The van der Waals surface area contributed by atoms with Crippen LogP contribution in [0.3, 0.4) is 0 Å². The molecule has 1 unspecified atom stereocenters. The van der Waals surface area contributed by atoms with Gasteiger partial charge in [-0.2, -0.15) is 0 Å². The average Bonchev–Trinajstić information content (AvgIpc) is 2.73. The van der Waals surface area contributed by atoms with Crippen molar-refractivity contribution in [3.8, 4) is 0 Å². The highest BCUT2D eigenvalue weighted by Gasteiger charge is 2.30. The van der Waals surface area contributed by atoms with E-state index in [4.69, 9.17) is 0 Å². The predicted molar refractivity (Wildman–Crippen MR) is 132 cm³/mol. The molecule has 1 fully saturated rings. The first kappa shape index (κ1) is 24.8. The molecule has 0 heterocycles. The van der Waals surface area contributed by atoms with Gasteiger partial charge in [-0.1, -0.05) is 37.5 Å². The molecule has 0 aromatic heterocycles. The highest BCUT2D eigenvalue weighted by molar-refractivity contribution is 7.92. The number of benzene rings is 2. The van der Waals surface area contributed by atoms with E-state index < -0.39 is 22.0 Å². The molecule has 178 valence electrons. The van der Waals surface area contributed by atoms with Crippen molar-refractivity contribution in [2.24, 2.45) is 0 Å². The molecule has 0 saturated heterocycles. The molecule has 8 heteroatoms. The summed E-state index contributed by atoms with van der Waals surface area (Å²) >= 11 is 0. The minimum absolute atomic E-state index is 0.138. The van der Waals surface area contributed by atoms with Crippen LogP contribution in [0.4, 0.5) is 11.4 Å². The van der Waals surface area contributed by atoms with E-state index in [1.807, 2.05) is 19.9 Å².